The van der Waals surface area contributed by atoms with Crippen LogP contribution in [0.3, 0.4) is 0 Å². The summed E-state index contributed by atoms with van der Waals surface area (Å²) < 4.78 is 81.1. The molecule has 0 radical (unpaired) electrons. The highest BCUT2D eigenvalue weighted by Crippen LogP contribution is 2.59. The third-order valence-electron chi connectivity index (χ3n) is 6.28. The van der Waals surface area contributed by atoms with E-state index in [9.17, 15) is 26.7 Å². The average Bonchev–Trinajstić information content (AvgIpc) is 3.02. The SMILES string of the molecule is COc1c([C@H]2[C@H](c3cc(=O)c4nc(Cl)ccc4[nH]3)O[C@@](C)(C(F)(F)F)[C@H]2C)ccc(F)c1F. The molecule has 0 aliphatic carbocycles. The van der Waals surface area contributed by atoms with Crippen LogP contribution in [0, 0.1) is 17.6 Å². The van der Waals surface area contributed by atoms with Crippen molar-refractivity contribution in [2.24, 2.45) is 5.92 Å². The molecule has 3 heterocycles. The Morgan fingerprint density at radius 2 is 1.91 bits per heavy atom. The molecular formula is C22H18ClF5N2O3. The quantitative estimate of drug-likeness (QED) is 0.381. The van der Waals surface area contributed by atoms with E-state index in [1.165, 1.54) is 19.1 Å². The fourth-order valence-corrected chi connectivity index (χ4v) is 4.51. The fraction of sp³-hybridized carbons (Fsp3) is 0.364. The van der Waals surface area contributed by atoms with Gasteiger partial charge in [0.2, 0.25) is 11.2 Å². The number of halogens is 6. The minimum atomic E-state index is -4.79. The zero-order chi connectivity index (χ0) is 24.3. The Morgan fingerprint density at radius 1 is 1.21 bits per heavy atom. The summed E-state index contributed by atoms with van der Waals surface area (Å²) in [5.41, 5.74) is -3.01. The molecule has 1 aliphatic rings. The molecule has 4 atom stereocenters. The lowest BCUT2D eigenvalue weighted by Gasteiger charge is -2.32. The lowest BCUT2D eigenvalue weighted by atomic mass is 9.76. The van der Waals surface area contributed by atoms with Crippen LogP contribution in [0.25, 0.3) is 11.0 Å². The first-order valence-corrected chi connectivity index (χ1v) is 10.2. The Labute approximate surface area is 189 Å². The third-order valence-corrected chi connectivity index (χ3v) is 6.49. The zero-order valence-corrected chi connectivity index (χ0v) is 18.3. The van der Waals surface area contributed by atoms with Gasteiger partial charge in [0.25, 0.3) is 0 Å². The molecule has 0 bridgehead atoms. The predicted octanol–water partition coefficient (Wildman–Crippen LogP) is 5.68. The number of benzene rings is 1. The van der Waals surface area contributed by atoms with Crippen molar-refractivity contribution < 1.29 is 31.4 Å². The first-order chi connectivity index (χ1) is 15.4. The van der Waals surface area contributed by atoms with Crippen molar-refractivity contribution in [1.29, 1.82) is 0 Å². The van der Waals surface area contributed by atoms with Gasteiger partial charge in [0.1, 0.15) is 16.8 Å². The molecule has 1 N–H and O–H groups in total. The van der Waals surface area contributed by atoms with Crippen LogP contribution in [0.4, 0.5) is 22.0 Å². The molecule has 33 heavy (non-hydrogen) atoms. The van der Waals surface area contributed by atoms with E-state index in [0.29, 0.717) is 0 Å². The van der Waals surface area contributed by atoms with Crippen molar-refractivity contribution in [2.75, 3.05) is 7.11 Å². The Balaban J connectivity index is 1.96. The first-order valence-electron chi connectivity index (χ1n) is 9.85. The molecule has 0 spiro atoms. The maximum Gasteiger partial charge on any atom is 0.417 e. The number of alkyl halides is 3. The molecule has 4 rings (SSSR count). The number of pyridine rings is 2. The summed E-state index contributed by atoms with van der Waals surface area (Å²) in [6, 6.07) is 5.93. The van der Waals surface area contributed by atoms with Gasteiger partial charge >= 0.3 is 6.18 Å². The molecule has 11 heteroatoms. The Kier molecular flexibility index (Phi) is 5.65. The average molecular weight is 489 g/mol. The number of ether oxygens (including phenoxy) is 2. The van der Waals surface area contributed by atoms with Gasteiger partial charge in [0.15, 0.2) is 17.2 Å². The number of fused-ring (bicyclic) bond motifs is 1. The maximum atomic E-state index is 14.5. The highest BCUT2D eigenvalue weighted by atomic mass is 35.5. The summed E-state index contributed by atoms with van der Waals surface area (Å²) in [5.74, 6) is -5.46. The topological polar surface area (TPSA) is 64.2 Å². The van der Waals surface area contributed by atoms with Crippen LogP contribution in [0.5, 0.6) is 5.75 Å². The second kappa shape index (κ2) is 7.95. The fourth-order valence-electron chi connectivity index (χ4n) is 4.36. The standard InChI is InChI=1S/C22H18ClF5N2O3/c1-9-16(10-4-5-11(24)17(25)19(10)32-3)20(33-21(9,2)22(26,27)28)13-8-14(31)18-12(29-13)6-7-15(23)30-18/h4-9,16,20H,1-3H3,(H,29,31)/t9-,16-,20-,21+/m0/s1. The Bertz CT molecular complexity index is 1300. The van der Waals surface area contributed by atoms with E-state index < -0.39 is 52.5 Å². The molecule has 3 aromatic rings. The molecule has 0 amide bonds. The van der Waals surface area contributed by atoms with E-state index in [4.69, 9.17) is 21.1 Å². The van der Waals surface area contributed by atoms with Crippen molar-refractivity contribution in [3.8, 4) is 5.75 Å². The molecular weight excluding hydrogens is 471 g/mol. The molecule has 176 valence electrons. The lowest BCUT2D eigenvalue weighted by Crippen LogP contribution is -2.46. The number of methoxy groups -OCH3 is 1. The van der Waals surface area contributed by atoms with Gasteiger partial charge in [0, 0.05) is 29.2 Å². The van der Waals surface area contributed by atoms with Crippen molar-refractivity contribution >= 4 is 22.6 Å². The van der Waals surface area contributed by atoms with Crippen LogP contribution in [0.2, 0.25) is 5.15 Å². The number of aromatic nitrogens is 2. The molecule has 1 saturated heterocycles. The number of hydrogen-bond acceptors (Lipinski definition) is 4. The number of nitrogens with one attached hydrogen (secondary N) is 1. The molecule has 0 unspecified atom stereocenters. The molecule has 1 aliphatic heterocycles. The van der Waals surface area contributed by atoms with Crippen molar-refractivity contribution in [1.82, 2.24) is 9.97 Å². The van der Waals surface area contributed by atoms with E-state index in [1.807, 2.05) is 0 Å². The summed E-state index contributed by atoms with van der Waals surface area (Å²) in [4.78, 5) is 19.5. The largest absolute Gasteiger partial charge is 0.493 e. The monoisotopic (exact) mass is 488 g/mol. The van der Waals surface area contributed by atoms with Gasteiger partial charge in [-0.1, -0.05) is 24.6 Å². The van der Waals surface area contributed by atoms with E-state index in [-0.39, 0.29) is 27.4 Å². The number of aromatic amines is 1. The van der Waals surface area contributed by atoms with Gasteiger partial charge in [-0.05, 0) is 25.1 Å². The number of H-pyrrole nitrogens is 1. The molecule has 2 aromatic heterocycles. The van der Waals surface area contributed by atoms with Crippen LogP contribution < -0.4 is 10.2 Å². The van der Waals surface area contributed by atoms with Crippen LogP contribution in [-0.2, 0) is 4.74 Å². The van der Waals surface area contributed by atoms with E-state index >= 15 is 0 Å². The summed E-state index contributed by atoms with van der Waals surface area (Å²) in [5, 5.41) is 0.0699. The van der Waals surface area contributed by atoms with Crippen molar-refractivity contribution in [2.45, 2.75) is 37.6 Å². The van der Waals surface area contributed by atoms with Gasteiger partial charge in [-0.25, -0.2) is 9.37 Å². The normalized spacial score (nSPS) is 25.5. The number of hydrogen-bond donors (Lipinski definition) is 1. The van der Waals surface area contributed by atoms with Crippen LogP contribution in [-0.4, -0.2) is 28.9 Å². The van der Waals surface area contributed by atoms with Crippen LogP contribution >= 0.6 is 11.6 Å². The van der Waals surface area contributed by atoms with Crippen LogP contribution in [0.1, 0.15) is 37.1 Å². The summed E-state index contributed by atoms with van der Waals surface area (Å²) in [6.45, 7) is 2.19. The molecule has 5 nitrogen and oxygen atoms in total. The summed E-state index contributed by atoms with van der Waals surface area (Å²) in [6.07, 6.45) is -6.16. The van der Waals surface area contributed by atoms with Crippen LogP contribution in [0.15, 0.2) is 35.1 Å². The van der Waals surface area contributed by atoms with E-state index in [2.05, 4.69) is 9.97 Å². The second-order valence-corrected chi connectivity index (χ2v) is 8.45. The summed E-state index contributed by atoms with van der Waals surface area (Å²) >= 11 is 5.83. The zero-order valence-electron chi connectivity index (χ0n) is 17.6. The molecule has 1 fully saturated rings. The Morgan fingerprint density at radius 3 is 2.55 bits per heavy atom. The third kappa shape index (κ3) is 3.65. The van der Waals surface area contributed by atoms with Gasteiger partial charge in [-0.2, -0.15) is 17.6 Å². The number of rotatable bonds is 3. The Hall–Kier alpha value is -2.72. The summed E-state index contributed by atoms with van der Waals surface area (Å²) in [7, 11) is 1.09. The van der Waals surface area contributed by atoms with Gasteiger partial charge in [0.05, 0.1) is 12.6 Å². The highest BCUT2D eigenvalue weighted by Gasteiger charge is 2.65. The minimum Gasteiger partial charge on any atom is -0.493 e. The van der Waals surface area contributed by atoms with E-state index in [0.717, 1.165) is 32.2 Å². The van der Waals surface area contributed by atoms with Gasteiger partial charge < -0.3 is 14.5 Å². The minimum absolute atomic E-state index is 0.00200. The maximum absolute atomic E-state index is 14.5. The highest BCUT2D eigenvalue weighted by molar-refractivity contribution is 6.29. The van der Waals surface area contributed by atoms with Gasteiger partial charge in [-0.15, -0.1) is 0 Å². The second-order valence-electron chi connectivity index (χ2n) is 8.06. The van der Waals surface area contributed by atoms with Crippen molar-refractivity contribution in [3.05, 3.63) is 68.6 Å². The molecule has 0 saturated carbocycles. The predicted molar refractivity (Wildman–Crippen MR) is 110 cm³/mol. The smallest absolute Gasteiger partial charge is 0.417 e. The number of nitrogens with zero attached hydrogens (tertiary/aromatic N) is 1. The lowest BCUT2D eigenvalue weighted by molar-refractivity contribution is -0.275. The van der Waals surface area contributed by atoms with Crippen molar-refractivity contribution in [3.63, 3.8) is 0 Å². The van der Waals surface area contributed by atoms with E-state index in [1.54, 1.807) is 0 Å². The first kappa shape index (κ1) is 23.4. The molecule has 1 aromatic carbocycles. The van der Waals surface area contributed by atoms with Gasteiger partial charge in [-0.3, -0.25) is 4.79 Å².